The first-order chi connectivity index (χ1) is 17.7. The van der Waals surface area contributed by atoms with Crippen LogP contribution in [0.2, 0.25) is 0 Å². The number of hydrogen-bond donors (Lipinski definition) is 1. The fourth-order valence-corrected chi connectivity index (χ4v) is 4.94. The molecule has 1 N–H and O–H groups in total. The topological polar surface area (TPSA) is 60.9 Å². The van der Waals surface area contributed by atoms with Crippen molar-refractivity contribution in [1.29, 1.82) is 0 Å². The van der Waals surface area contributed by atoms with E-state index in [0.717, 1.165) is 57.3 Å². The zero-order valence-electron chi connectivity index (χ0n) is 23.3. The number of ketones is 1. The summed E-state index contributed by atoms with van der Waals surface area (Å²) in [5, 5.41) is 11.2. The molecule has 1 atom stereocenters. The molecular weight excluding hydrogens is 460 g/mol. The summed E-state index contributed by atoms with van der Waals surface area (Å²) in [6, 6.07) is 16.6. The predicted octanol–water partition coefficient (Wildman–Crippen LogP) is 6.70. The number of hydrogen-bond acceptors (Lipinski definition) is 4. The predicted molar refractivity (Wildman–Crippen MR) is 151 cm³/mol. The first-order valence-corrected chi connectivity index (χ1v) is 13.9. The minimum absolute atomic E-state index is 0.00911. The molecule has 1 heterocycles. The lowest BCUT2D eigenvalue weighted by Crippen LogP contribution is -2.34. The fraction of sp³-hybridized carbons (Fsp3) is 0.500. The van der Waals surface area contributed by atoms with Crippen molar-refractivity contribution >= 4 is 17.4 Å². The normalized spacial score (nSPS) is 17.7. The molecule has 37 heavy (non-hydrogen) atoms. The van der Waals surface area contributed by atoms with Crippen molar-refractivity contribution in [3.8, 4) is 0 Å². The van der Waals surface area contributed by atoms with Crippen LogP contribution in [0.1, 0.15) is 89.5 Å². The molecule has 200 valence electrons. The van der Waals surface area contributed by atoms with E-state index in [4.69, 9.17) is 0 Å². The third kappa shape index (κ3) is 7.10. The van der Waals surface area contributed by atoms with Crippen molar-refractivity contribution in [1.82, 2.24) is 9.80 Å². The molecule has 3 rings (SSSR count). The van der Waals surface area contributed by atoms with E-state index < -0.39 is 17.7 Å². The lowest BCUT2D eigenvalue weighted by molar-refractivity contribution is -0.140. The van der Waals surface area contributed by atoms with Crippen molar-refractivity contribution in [3.05, 3.63) is 76.9 Å². The molecule has 2 aromatic carbocycles. The Hall–Kier alpha value is -2.92. The monoisotopic (exact) mass is 504 g/mol. The molecule has 0 aliphatic carbocycles. The van der Waals surface area contributed by atoms with E-state index in [0.29, 0.717) is 12.1 Å². The van der Waals surface area contributed by atoms with Crippen LogP contribution in [0.15, 0.2) is 60.2 Å². The van der Waals surface area contributed by atoms with Gasteiger partial charge in [0.05, 0.1) is 11.6 Å². The van der Waals surface area contributed by atoms with E-state index in [1.807, 2.05) is 30.3 Å². The quantitative estimate of drug-likeness (QED) is 0.199. The van der Waals surface area contributed by atoms with E-state index in [1.54, 1.807) is 17.0 Å². The van der Waals surface area contributed by atoms with Gasteiger partial charge in [0.1, 0.15) is 5.76 Å². The van der Waals surface area contributed by atoms with Gasteiger partial charge in [-0.05, 0) is 55.4 Å². The lowest BCUT2D eigenvalue weighted by Gasteiger charge is -2.28. The Bertz CT molecular complexity index is 1060. The fourth-order valence-electron chi connectivity index (χ4n) is 4.94. The highest BCUT2D eigenvalue weighted by Gasteiger charge is 2.45. The summed E-state index contributed by atoms with van der Waals surface area (Å²) in [6.07, 6.45) is 5.40. The second-order valence-corrected chi connectivity index (χ2v) is 11.1. The van der Waals surface area contributed by atoms with Crippen LogP contribution in [0, 0.1) is 0 Å². The zero-order chi connectivity index (χ0) is 27.0. The van der Waals surface area contributed by atoms with Crippen LogP contribution in [0.3, 0.4) is 0 Å². The average molecular weight is 505 g/mol. The smallest absolute Gasteiger partial charge is 0.295 e. The maximum Gasteiger partial charge on any atom is 0.295 e. The van der Waals surface area contributed by atoms with Crippen LogP contribution in [-0.2, 0) is 15.0 Å². The van der Waals surface area contributed by atoms with Gasteiger partial charge in [-0.15, -0.1) is 0 Å². The van der Waals surface area contributed by atoms with Gasteiger partial charge in [-0.1, -0.05) is 102 Å². The van der Waals surface area contributed by atoms with Crippen LogP contribution in [-0.4, -0.2) is 52.8 Å². The van der Waals surface area contributed by atoms with E-state index in [9.17, 15) is 14.7 Å². The number of nitrogens with zero attached hydrogens (tertiary/aromatic N) is 2. The Labute approximate surface area is 223 Å². The number of rotatable bonds is 12. The van der Waals surface area contributed by atoms with Crippen LogP contribution < -0.4 is 0 Å². The van der Waals surface area contributed by atoms with Gasteiger partial charge in [-0.3, -0.25) is 9.59 Å². The van der Waals surface area contributed by atoms with Crippen LogP contribution in [0.25, 0.3) is 5.76 Å². The van der Waals surface area contributed by atoms with Gasteiger partial charge in [0, 0.05) is 12.1 Å². The van der Waals surface area contributed by atoms with Gasteiger partial charge < -0.3 is 14.9 Å². The van der Waals surface area contributed by atoms with Crippen molar-refractivity contribution in [2.75, 3.05) is 26.2 Å². The van der Waals surface area contributed by atoms with Crippen molar-refractivity contribution in [2.45, 2.75) is 78.2 Å². The number of aliphatic hydroxyl groups excluding tert-OH is 1. The maximum absolute atomic E-state index is 13.3. The van der Waals surface area contributed by atoms with Gasteiger partial charge >= 0.3 is 0 Å². The minimum atomic E-state index is -0.611. The van der Waals surface area contributed by atoms with Crippen LogP contribution in [0.5, 0.6) is 0 Å². The van der Waals surface area contributed by atoms with Crippen molar-refractivity contribution in [3.63, 3.8) is 0 Å². The summed E-state index contributed by atoms with van der Waals surface area (Å²) in [5.74, 6) is -1.25. The summed E-state index contributed by atoms with van der Waals surface area (Å²) in [7, 11) is 0. The summed E-state index contributed by atoms with van der Waals surface area (Å²) >= 11 is 0. The minimum Gasteiger partial charge on any atom is -0.507 e. The first-order valence-electron chi connectivity index (χ1n) is 13.9. The van der Waals surface area contributed by atoms with Gasteiger partial charge in [-0.2, -0.15) is 0 Å². The molecule has 5 heteroatoms. The second-order valence-electron chi connectivity index (χ2n) is 11.1. The first kappa shape index (κ1) is 28.6. The number of benzene rings is 2. The molecule has 0 spiro atoms. The molecule has 1 aliphatic heterocycles. The van der Waals surface area contributed by atoms with Crippen LogP contribution in [0.4, 0.5) is 0 Å². The molecule has 1 unspecified atom stereocenters. The van der Waals surface area contributed by atoms with Gasteiger partial charge in [0.2, 0.25) is 0 Å². The number of unbranched alkanes of at least 4 members (excludes halogenated alkanes) is 2. The number of carbonyl (C=O) groups is 2. The van der Waals surface area contributed by atoms with E-state index >= 15 is 0 Å². The Morgan fingerprint density at radius 2 is 1.43 bits per heavy atom. The standard InChI is InChI=1S/C32H44N2O3/c1-6-8-20-33(21-9-7-2)22-13-23-34-28(24-16-18-26(19-17-24)32(3,4)5)27(30(36)31(34)37)29(35)25-14-11-10-12-15-25/h10-12,14-19,28,35H,6-9,13,20-23H2,1-5H3/b29-27-. The molecule has 2 aromatic rings. The average Bonchev–Trinajstić information content (AvgIpc) is 3.14. The number of Topliss-reactive ketones (excluding diaryl/α,β-unsaturated/α-hetero) is 1. The van der Waals surface area contributed by atoms with E-state index in [2.05, 4.69) is 51.7 Å². The van der Waals surface area contributed by atoms with E-state index in [-0.39, 0.29) is 16.7 Å². The molecule has 1 saturated heterocycles. The SMILES string of the molecule is CCCCN(CCCC)CCCN1C(=O)C(=O)/C(=C(\O)c2ccccc2)C1c1ccc(C(C)(C)C)cc1. The molecule has 0 radical (unpaired) electrons. The molecule has 0 saturated carbocycles. The van der Waals surface area contributed by atoms with Gasteiger partial charge in [0.15, 0.2) is 0 Å². The van der Waals surface area contributed by atoms with E-state index in [1.165, 1.54) is 5.56 Å². The number of likely N-dealkylation sites (tertiary alicyclic amines) is 1. The highest BCUT2D eigenvalue weighted by molar-refractivity contribution is 6.46. The van der Waals surface area contributed by atoms with Gasteiger partial charge in [-0.25, -0.2) is 0 Å². The van der Waals surface area contributed by atoms with Crippen LogP contribution >= 0.6 is 0 Å². The number of carbonyl (C=O) groups excluding carboxylic acids is 2. The summed E-state index contributed by atoms with van der Waals surface area (Å²) in [4.78, 5) is 30.7. The molecule has 1 fully saturated rings. The molecule has 5 nitrogen and oxygen atoms in total. The third-order valence-corrected chi connectivity index (χ3v) is 7.21. The molecule has 1 amide bonds. The Morgan fingerprint density at radius 1 is 0.865 bits per heavy atom. The summed E-state index contributed by atoms with van der Waals surface area (Å²) in [6.45, 7) is 14.4. The Kier molecular flexibility index (Phi) is 10.1. The maximum atomic E-state index is 13.3. The summed E-state index contributed by atoms with van der Waals surface area (Å²) < 4.78 is 0. The lowest BCUT2D eigenvalue weighted by atomic mass is 9.85. The highest BCUT2D eigenvalue weighted by atomic mass is 16.3. The third-order valence-electron chi connectivity index (χ3n) is 7.21. The van der Waals surface area contributed by atoms with Crippen molar-refractivity contribution < 1.29 is 14.7 Å². The molecule has 1 aliphatic rings. The second kappa shape index (κ2) is 13.0. The molecule has 0 bridgehead atoms. The number of amides is 1. The Balaban J connectivity index is 1.93. The number of aliphatic hydroxyl groups is 1. The van der Waals surface area contributed by atoms with Gasteiger partial charge in [0.25, 0.3) is 11.7 Å². The zero-order valence-corrected chi connectivity index (χ0v) is 23.3. The molecule has 0 aromatic heterocycles. The van der Waals surface area contributed by atoms with Crippen molar-refractivity contribution in [2.24, 2.45) is 0 Å². The molecular formula is C32H44N2O3. The largest absolute Gasteiger partial charge is 0.507 e. The highest BCUT2D eigenvalue weighted by Crippen LogP contribution is 2.40. The Morgan fingerprint density at radius 3 is 1.97 bits per heavy atom. The summed E-state index contributed by atoms with van der Waals surface area (Å²) in [5.41, 5.74) is 2.73.